The van der Waals surface area contributed by atoms with Crippen LogP contribution in [0.2, 0.25) is 0 Å². The number of nitrogens with one attached hydrogen (secondary N) is 1. The van der Waals surface area contributed by atoms with Crippen LogP contribution in [0, 0.1) is 5.92 Å². The smallest absolute Gasteiger partial charge is 0.156 e. The van der Waals surface area contributed by atoms with Crippen molar-refractivity contribution in [2.45, 2.75) is 25.2 Å². The lowest BCUT2D eigenvalue weighted by atomic mass is 9.74. The molecule has 0 spiro atoms. The summed E-state index contributed by atoms with van der Waals surface area (Å²) in [6, 6.07) is 20.8. The van der Waals surface area contributed by atoms with E-state index < -0.39 is 0 Å². The molecule has 1 N–H and O–H groups in total. The van der Waals surface area contributed by atoms with Crippen molar-refractivity contribution in [3.8, 4) is 11.3 Å². The Kier molecular flexibility index (Phi) is 4.98. The van der Waals surface area contributed by atoms with Crippen molar-refractivity contribution in [2.75, 3.05) is 25.0 Å². The van der Waals surface area contributed by atoms with E-state index in [1.54, 1.807) is 0 Å². The fourth-order valence-corrected chi connectivity index (χ4v) is 5.47. The largest absolute Gasteiger partial charge is 0.338 e. The number of benzene rings is 2. The molecule has 35 heavy (non-hydrogen) atoms. The quantitative estimate of drug-likeness (QED) is 0.343. The van der Waals surface area contributed by atoms with Crippen LogP contribution in [0.3, 0.4) is 0 Å². The molecule has 1 saturated carbocycles. The van der Waals surface area contributed by atoms with Crippen LogP contribution in [0.4, 0.5) is 11.5 Å². The highest BCUT2D eigenvalue weighted by Crippen LogP contribution is 2.42. The average Bonchev–Trinajstić information content (AvgIpc) is 3.27. The fourth-order valence-electron chi connectivity index (χ4n) is 5.47. The number of pyridine rings is 1. The van der Waals surface area contributed by atoms with E-state index in [9.17, 15) is 0 Å². The van der Waals surface area contributed by atoms with Gasteiger partial charge in [-0.15, -0.1) is 0 Å². The highest BCUT2D eigenvalue weighted by molar-refractivity contribution is 5.86. The Morgan fingerprint density at radius 1 is 0.943 bits per heavy atom. The van der Waals surface area contributed by atoms with Gasteiger partial charge in [-0.1, -0.05) is 42.5 Å². The number of likely N-dealkylation sites (tertiary alicyclic amines) is 1. The minimum Gasteiger partial charge on any atom is -0.338 e. The van der Waals surface area contributed by atoms with E-state index in [1.807, 2.05) is 36.8 Å². The summed E-state index contributed by atoms with van der Waals surface area (Å²) in [7, 11) is 0. The van der Waals surface area contributed by atoms with Gasteiger partial charge in [0.05, 0.1) is 17.4 Å². The zero-order chi connectivity index (χ0) is 23.2. The Morgan fingerprint density at radius 3 is 2.63 bits per heavy atom. The predicted molar refractivity (Wildman–Crippen MR) is 140 cm³/mol. The minimum atomic E-state index is 0.542. The molecule has 0 radical (unpaired) electrons. The van der Waals surface area contributed by atoms with E-state index in [1.165, 1.54) is 38.9 Å². The second-order valence-corrected chi connectivity index (χ2v) is 9.93. The highest BCUT2D eigenvalue weighted by atomic mass is 15.2. The molecule has 0 unspecified atom stereocenters. The van der Waals surface area contributed by atoms with E-state index in [0.717, 1.165) is 50.9 Å². The normalized spacial score (nSPS) is 20.0. The second-order valence-electron chi connectivity index (χ2n) is 9.93. The van der Waals surface area contributed by atoms with Crippen LogP contribution < -0.4 is 5.32 Å². The van der Waals surface area contributed by atoms with Crippen LogP contribution in [0.25, 0.3) is 27.7 Å². The Morgan fingerprint density at radius 2 is 1.80 bits per heavy atom. The molecule has 0 bridgehead atoms. The van der Waals surface area contributed by atoms with Crippen LogP contribution in [-0.4, -0.2) is 43.9 Å². The monoisotopic (exact) mass is 460 g/mol. The van der Waals surface area contributed by atoms with Crippen molar-refractivity contribution >= 4 is 27.9 Å². The van der Waals surface area contributed by atoms with E-state index in [0.29, 0.717) is 5.92 Å². The van der Waals surface area contributed by atoms with Gasteiger partial charge in [0.15, 0.2) is 5.82 Å². The number of nitrogens with zero attached hydrogens (tertiary/aromatic N) is 5. The molecular weight excluding hydrogens is 432 g/mol. The van der Waals surface area contributed by atoms with Gasteiger partial charge >= 0.3 is 0 Å². The number of hydrogen-bond acceptors (Lipinski definition) is 5. The molecule has 2 aliphatic rings. The standard InChI is InChI=1S/C29H28N6/c1-2-5-21(6-3-1)25-10-8-22-7-9-24(17-26(22)33-25)32-28-27-18-31-29(35(27)14-11-30-28)23-15-20(16-23)19-34-12-4-13-34/h1-3,5-11,14,17-18,20,23H,4,12-13,15-16,19H2,(H,30,32). The number of rotatable bonds is 6. The lowest BCUT2D eigenvalue weighted by Gasteiger charge is -2.41. The summed E-state index contributed by atoms with van der Waals surface area (Å²) in [5.74, 6) is 3.34. The van der Waals surface area contributed by atoms with Crippen LogP contribution in [0.5, 0.6) is 0 Å². The van der Waals surface area contributed by atoms with Gasteiger partial charge in [-0.3, -0.25) is 4.40 Å². The molecule has 2 aromatic carbocycles. The van der Waals surface area contributed by atoms with Gasteiger partial charge in [0.2, 0.25) is 0 Å². The Bertz CT molecular complexity index is 1500. The van der Waals surface area contributed by atoms with Crippen molar-refractivity contribution < 1.29 is 0 Å². The third-order valence-corrected chi connectivity index (χ3v) is 7.58. The maximum atomic E-state index is 4.91. The van der Waals surface area contributed by atoms with Gasteiger partial charge in [-0.05, 0) is 56.5 Å². The summed E-state index contributed by atoms with van der Waals surface area (Å²) in [6.45, 7) is 3.83. The van der Waals surface area contributed by atoms with E-state index >= 15 is 0 Å². The molecule has 6 nitrogen and oxygen atoms in total. The summed E-state index contributed by atoms with van der Waals surface area (Å²) in [5.41, 5.74) is 5.04. The Balaban J connectivity index is 1.13. The number of anilines is 2. The van der Waals surface area contributed by atoms with Crippen molar-refractivity contribution in [3.63, 3.8) is 0 Å². The summed E-state index contributed by atoms with van der Waals surface area (Å²) >= 11 is 0. The number of hydrogen-bond donors (Lipinski definition) is 1. The molecule has 0 atom stereocenters. The fraction of sp³-hybridized carbons (Fsp3) is 0.276. The molecule has 174 valence electrons. The topological polar surface area (TPSA) is 58.4 Å². The Hall–Kier alpha value is -3.77. The molecule has 2 fully saturated rings. The average molecular weight is 461 g/mol. The zero-order valence-electron chi connectivity index (χ0n) is 19.6. The summed E-state index contributed by atoms with van der Waals surface area (Å²) in [5, 5.41) is 4.63. The first kappa shape index (κ1) is 20.6. The van der Waals surface area contributed by atoms with Crippen LogP contribution in [-0.2, 0) is 0 Å². The molecule has 1 saturated heterocycles. The molecule has 6 heteroatoms. The molecule has 3 aromatic heterocycles. The molecule has 5 aromatic rings. The highest BCUT2D eigenvalue weighted by Gasteiger charge is 2.35. The third-order valence-electron chi connectivity index (χ3n) is 7.58. The van der Waals surface area contributed by atoms with Gasteiger partial charge in [-0.2, -0.15) is 0 Å². The van der Waals surface area contributed by atoms with Gasteiger partial charge in [0, 0.05) is 41.5 Å². The first-order valence-corrected chi connectivity index (χ1v) is 12.6. The van der Waals surface area contributed by atoms with Gasteiger partial charge in [-0.25, -0.2) is 15.0 Å². The lowest BCUT2D eigenvalue weighted by Crippen LogP contribution is -2.43. The third kappa shape index (κ3) is 3.84. The molecule has 4 heterocycles. The minimum absolute atomic E-state index is 0.542. The molecule has 1 aliphatic carbocycles. The number of fused-ring (bicyclic) bond motifs is 2. The SMILES string of the molecule is c1ccc(-c2ccc3ccc(Nc4nccn5c(C6CC(CN7CCC7)C6)ncc45)cc3n2)cc1. The molecule has 0 amide bonds. The molecule has 1 aliphatic heterocycles. The van der Waals surface area contributed by atoms with E-state index in [4.69, 9.17) is 9.97 Å². The number of aromatic nitrogens is 4. The van der Waals surface area contributed by atoms with Crippen molar-refractivity contribution in [1.82, 2.24) is 24.3 Å². The van der Waals surface area contributed by atoms with Gasteiger partial charge in [0.1, 0.15) is 11.3 Å². The predicted octanol–water partition coefficient (Wildman–Crippen LogP) is 5.89. The van der Waals surface area contributed by atoms with Gasteiger partial charge in [0.25, 0.3) is 0 Å². The van der Waals surface area contributed by atoms with Gasteiger partial charge < -0.3 is 10.2 Å². The molecular formula is C29H28N6. The summed E-state index contributed by atoms with van der Waals surface area (Å²) < 4.78 is 2.21. The van der Waals surface area contributed by atoms with Crippen LogP contribution in [0.15, 0.2) is 79.3 Å². The van der Waals surface area contributed by atoms with Crippen molar-refractivity contribution in [2.24, 2.45) is 5.92 Å². The first-order valence-electron chi connectivity index (χ1n) is 12.6. The number of imidazole rings is 1. The van der Waals surface area contributed by atoms with E-state index in [2.05, 4.69) is 62.1 Å². The first-order chi connectivity index (χ1) is 17.3. The van der Waals surface area contributed by atoms with Crippen molar-refractivity contribution in [3.05, 3.63) is 85.1 Å². The second kappa shape index (κ2) is 8.47. The maximum Gasteiger partial charge on any atom is 0.156 e. The summed E-state index contributed by atoms with van der Waals surface area (Å²) in [4.78, 5) is 17.0. The van der Waals surface area contributed by atoms with Crippen molar-refractivity contribution in [1.29, 1.82) is 0 Å². The van der Waals surface area contributed by atoms with E-state index in [-0.39, 0.29) is 0 Å². The van der Waals surface area contributed by atoms with Crippen LogP contribution >= 0.6 is 0 Å². The Labute approximate surface area is 204 Å². The summed E-state index contributed by atoms with van der Waals surface area (Å²) in [6.07, 6.45) is 9.70. The lowest BCUT2D eigenvalue weighted by molar-refractivity contribution is 0.107. The van der Waals surface area contributed by atoms with Crippen LogP contribution in [0.1, 0.15) is 31.0 Å². The molecule has 7 rings (SSSR count). The zero-order valence-corrected chi connectivity index (χ0v) is 19.6. The maximum absolute atomic E-state index is 4.91.